The first kappa shape index (κ1) is 9.45. The summed E-state index contributed by atoms with van der Waals surface area (Å²) in [6.07, 6.45) is 0.486. The molecule has 0 aliphatic carbocycles. The lowest BCUT2D eigenvalue weighted by Crippen LogP contribution is -2.35. The molecule has 1 unspecified atom stereocenters. The van der Waals surface area contributed by atoms with Crippen molar-refractivity contribution in [2.24, 2.45) is 0 Å². The van der Waals surface area contributed by atoms with Crippen molar-refractivity contribution in [2.45, 2.75) is 19.4 Å². The normalized spacial score (nSPS) is 26.5. The minimum atomic E-state index is -0.335. The Morgan fingerprint density at radius 1 is 1.75 bits per heavy atom. The summed E-state index contributed by atoms with van der Waals surface area (Å²) in [6.45, 7) is 3.47. The van der Waals surface area contributed by atoms with Crippen LogP contribution in [0.1, 0.15) is 13.3 Å². The molecule has 1 heterocycles. The molecule has 1 aliphatic heterocycles. The second-order valence-electron chi connectivity index (χ2n) is 3.13. The van der Waals surface area contributed by atoms with Crippen LogP contribution in [0, 0.1) is 0 Å². The number of nitrogens with one attached hydrogen (secondary N) is 1. The summed E-state index contributed by atoms with van der Waals surface area (Å²) < 4.78 is 12.0. The topological polar surface area (TPSA) is 32.3 Å². The van der Waals surface area contributed by atoms with Gasteiger partial charge in [0.2, 0.25) is 5.91 Å². The molecule has 3 nitrogen and oxygen atoms in total. The van der Waals surface area contributed by atoms with Gasteiger partial charge in [0, 0.05) is 32.1 Å². The molecular weight excluding hydrogens is 159 g/mol. The van der Waals surface area contributed by atoms with Crippen LogP contribution in [0.25, 0.3) is 0 Å². The third-order valence-electron chi connectivity index (χ3n) is 2.20. The Labute approximate surface area is 71.9 Å². The molecule has 1 aliphatic rings. The number of halogens is 1. The summed E-state index contributed by atoms with van der Waals surface area (Å²) in [5.74, 6) is 0.0730. The van der Waals surface area contributed by atoms with Crippen molar-refractivity contribution in [1.82, 2.24) is 10.2 Å². The standard InChI is InChI=1S/C8H15FN2O/c1-7-6-8(12)10-3-5-11(7)4-2-9/h7H,2-6H2,1H3,(H,10,12). The Morgan fingerprint density at radius 3 is 3.17 bits per heavy atom. The first-order valence-electron chi connectivity index (χ1n) is 4.30. The predicted octanol–water partition coefficient (Wildman–Crippen LogP) is 0.166. The van der Waals surface area contributed by atoms with Gasteiger partial charge < -0.3 is 5.32 Å². The van der Waals surface area contributed by atoms with Gasteiger partial charge in [-0.15, -0.1) is 0 Å². The fraction of sp³-hybridized carbons (Fsp3) is 0.875. The third kappa shape index (κ3) is 2.44. The van der Waals surface area contributed by atoms with Gasteiger partial charge in [-0.1, -0.05) is 0 Å². The third-order valence-corrected chi connectivity index (χ3v) is 2.20. The highest BCUT2D eigenvalue weighted by molar-refractivity contribution is 5.76. The molecule has 0 aromatic carbocycles. The molecule has 1 amide bonds. The molecule has 0 aromatic rings. The summed E-state index contributed by atoms with van der Waals surface area (Å²) in [6, 6.07) is 0.170. The van der Waals surface area contributed by atoms with Crippen molar-refractivity contribution in [2.75, 3.05) is 26.3 Å². The second-order valence-corrected chi connectivity index (χ2v) is 3.13. The Hall–Kier alpha value is -0.640. The number of alkyl halides is 1. The number of hydrogen-bond donors (Lipinski definition) is 1. The summed E-state index contributed by atoms with van der Waals surface area (Å²) in [5.41, 5.74) is 0. The minimum absolute atomic E-state index is 0.0730. The molecule has 1 N–H and O–H groups in total. The average molecular weight is 174 g/mol. The zero-order valence-corrected chi connectivity index (χ0v) is 7.35. The molecule has 0 spiro atoms. The predicted molar refractivity (Wildman–Crippen MR) is 44.6 cm³/mol. The molecule has 0 saturated carbocycles. The molecular formula is C8H15FN2O. The second kappa shape index (κ2) is 4.40. The van der Waals surface area contributed by atoms with E-state index in [0.29, 0.717) is 19.5 Å². The van der Waals surface area contributed by atoms with Crippen LogP contribution >= 0.6 is 0 Å². The van der Waals surface area contributed by atoms with Crippen LogP contribution in [0.3, 0.4) is 0 Å². The smallest absolute Gasteiger partial charge is 0.221 e. The van der Waals surface area contributed by atoms with Crippen LogP contribution in [0.15, 0.2) is 0 Å². The monoisotopic (exact) mass is 174 g/mol. The SMILES string of the molecule is CC1CC(=O)NCCN1CCF. The van der Waals surface area contributed by atoms with Crippen molar-refractivity contribution in [3.8, 4) is 0 Å². The Kier molecular flexibility index (Phi) is 3.47. The van der Waals surface area contributed by atoms with Crippen LogP contribution in [-0.4, -0.2) is 43.2 Å². The van der Waals surface area contributed by atoms with Crippen LogP contribution in [0.2, 0.25) is 0 Å². The molecule has 0 radical (unpaired) electrons. The van der Waals surface area contributed by atoms with E-state index >= 15 is 0 Å². The van der Waals surface area contributed by atoms with Gasteiger partial charge in [-0.25, -0.2) is 4.39 Å². The van der Waals surface area contributed by atoms with E-state index in [-0.39, 0.29) is 18.6 Å². The van der Waals surface area contributed by atoms with Gasteiger partial charge >= 0.3 is 0 Å². The van der Waals surface area contributed by atoms with Crippen molar-refractivity contribution in [3.63, 3.8) is 0 Å². The van der Waals surface area contributed by atoms with Gasteiger partial charge in [0.15, 0.2) is 0 Å². The van der Waals surface area contributed by atoms with Gasteiger partial charge in [-0.2, -0.15) is 0 Å². The van der Waals surface area contributed by atoms with Crippen molar-refractivity contribution >= 4 is 5.91 Å². The van der Waals surface area contributed by atoms with Crippen LogP contribution in [-0.2, 0) is 4.79 Å². The van der Waals surface area contributed by atoms with Crippen molar-refractivity contribution in [3.05, 3.63) is 0 Å². The van der Waals surface area contributed by atoms with Crippen molar-refractivity contribution < 1.29 is 9.18 Å². The molecule has 70 valence electrons. The largest absolute Gasteiger partial charge is 0.355 e. The Morgan fingerprint density at radius 2 is 2.50 bits per heavy atom. The first-order chi connectivity index (χ1) is 5.74. The molecule has 1 saturated heterocycles. The highest BCUT2D eigenvalue weighted by Crippen LogP contribution is 2.05. The summed E-state index contributed by atoms with van der Waals surface area (Å²) in [7, 11) is 0. The van der Waals surface area contributed by atoms with Gasteiger partial charge in [-0.05, 0) is 6.92 Å². The van der Waals surface area contributed by atoms with Crippen LogP contribution < -0.4 is 5.32 Å². The van der Waals surface area contributed by atoms with E-state index in [2.05, 4.69) is 5.32 Å². The number of carbonyl (C=O) groups excluding carboxylic acids is 1. The molecule has 4 heteroatoms. The number of nitrogens with zero attached hydrogens (tertiary/aromatic N) is 1. The summed E-state index contributed by atoms with van der Waals surface area (Å²) >= 11 is 0. The van der Waals surface area contributed by atoms with E-state index in [4.69, 9.17) is 0 Å². The van der Waals surface area contributed by atoms with Gasteiger partial charge in [0.05, 0.1) is 0 Å². The average Bonchev–Trinajstić information content (AvgIpc) is 2.15. The highest BCUT2D eigenvalue weighted by Gasteiger charge is 2.19. The van der Waals surface area contributed by atoms with Gasteiger partial charge in [-0.3, -0.25) is 9.69 Å². The maximum atomic E-state index is 12.0. The minimum Gasteiger partial charge on any atom is -0.355 e. The zero-order valence-electron chi connectivity index (χ0n) is 7.35. The molecule has 1 fully saturated rings. The van der Waals surface area contributed by atoms with Gasteiger partial charge in [0.25, 0.3) is 0 Å². The number of carbonyl (C=O) groups is 1. The highest BCUT2D eigenvalue weighted by atomic mass is 19.1. The lowest BCUT2D eigenvalue weighted by molar-refractivity contribution is -0.121. The Bertz CT molecular complexity index is 163. The molecule has 1 atom stereocenters. The Balaban J connectivity index is 2.45. The fourth-order valence-electron chi connectivity index (χ4n) is 1.47. The van der Waals surface area contributed by atoms with Gasteiger partial charge in [0.1, 0.15) is 6.67 Å². The van der Waals surface area contributed by atoms with E-state index in [1.54, 1.807) is 0 Å². The van der Waals surface area contributed by atoms with Crippen molar-refractivity contribution in [1.29, 1.82) is 0 Å². The van der Waals surface area contributed by atoms with E-state index < -0.39 is 0 Å². The summed E-state index contributed by atoms with van der Waals surface area (Å²) in [4.78, 5) is 13.0. The molecule has 12 heavy (non-hydrogen) atoms. The lowest BCUT2D eigenvalue weighted by Gasteiger charge is -2.23. The van der Waals surface area contributed by atoms with E-state index in [9.17, 15) is 9.18 Å². The van der Waals surface area contributed by atoms with E-state index in [1.807, 2.05) is 11.8 Å². The maximum Gasteiger partial charge on any atom is 0.221 e. The van der Waals surface area contributed by atoms with E-state index in [1.165, 1.54) is 0 Å². The first-order valence-corrected chi connectivity index (χ1v) is 4.30. The molecule has 0 bridgehead atoms. The molecule has 0 aromatic heterocycles. The zero-order chi connectivity index (χ0) is 8.97. The number of amides is 1. The lowest BCUT2D eigenvalue weighted by atomic mass is 10.2. The quantitative estimate of drug-likeness (QED) is 0.647. The fourth-order valence-corrected chi connectivity index (χ4v) is 1.47. The number of rotatable bonds is 2. The number of hydrogen-bond acceptors (Lipinski definition) is 2. The van der Waals surface area contributed by atoms with Crippen LogP contribution in [0.4, 0.5) is 4.39 Å². The summed E-state index contributed by atoms with van der Waals surface area (Å²) in [5, 5.41) is 2.76. The molecule has 1 rings (SSSR count). The maximum absolute atomic E-state index is 12.0. The van der Waals surface area contributed by atoms with E-state index in [0.717, 1.165) is 6.54 Å². The van der Waals surface area contributed by atoms with Crippen LogP contribution in [0.5, 0.6) is 0 Å².